The van der Waals surface area contributed by atoms with Crippen LogP contribution in [0.1, 0.15) is 6.92 Å². The maximum Gasteiger partial charge on any atom is 0.153 e. The molecule has 0 unspecified atom stereocenters. The molecule has 1 rings (SSSR count). The van der Waals surface area contributed by atoms with Crippen LogP contribution in [0.2, 0.25) is 5.15 Å². The Balaban J connectivity index is 2.64. The van der Waals surface area contributed by atoms with Crippen molar-refractivity contribution in [1.82, 2.24) is 4.98 Å². The number of pyridine rings is 1. The van der Waals surface area contributed by atoms with Crippen LogP contribution in [0.4, 0.5) is 11.5 Å². The van der Waals surface area contributed by atoms with E-state index in [-0.39, 0.29) is 0 Å². The van der Waals surface area contributed by atoms with Gasteiger partial charge in [-0.3, -0.25) is 0 Å². The van der Waals surface area contributed by atoms with Crippen LogP contribution < -0.4 is 10.6 Å². The Kier molecular flexibility index (Phi) is 4.65. The summed E-state index contributed by atoms with van der Waals surface area (Å²) in [4.78, 5) is 6.09. The lowest BCUT2D eigenvalue weighted by molar-refractivity contribution is 0.154. The van der Waals surface area contributed by atoms with Gasteiger partial charge in [0, 0.05) is 20.2 Å². The number of hydrogen-bond donors (Lipinski definition) is 1. The van der Waals surface area contributed by atoms with E-state index in [1.165, 1.54) is 0 Å². The molecule has 0 aliphatic carbocycles. The largest absolute Gasteiger partial charge is 0.396 e. The van der Waals surface area contributed by atoms with E-state index in [9.17, 15) is 0 Å². The van der Waals surface area contributed by atoms with Crippen molar-refractivity contribution in [3.05, 3.63) is 17.3 Å². The highest BCUT2D eigenvalue weighted by Crippen LogP contribution is 2.21. The van der Waals surface area contributed by atoms with Crippen molar-refractivity contribution in [2.24, 2.45) is 0 Å². The Morgan fingerprint density at radius 3 is 2.93 bits per heavy atom. The second-order valence-electron chi connectivity index (χ2n) is 3.17. The van der Waals surface area contributed by atoms with Gasteiger partial charge >= 0.3 is 0 Å². The summed E-state index contributed by atoms with van der Waals surface area (Å²) in [6.45, 7) is 4.07. The van der Waals surface area contributed by atoms with Crippen LogP contribution in [0.25, 0.3) is 0 Å². The zero-order chi connectivity index (χ0) is 11.3. The first-order valence-corrected chi connectivity index (χ1v) is 5.24. The normalized spacial score (nSPS) is 10.3. The SMILES string of the molecule is CCOCCN(C)c1nc(Cl)ccc1N. The van der Waals surface area contributed by atoms with Crippen LogP contribution in [0.15, 0.2) is 12.1 Å². The van der Waals surface area contributed by atoms with Crippen LogP contribution in [-0.2, 0) is 4.74 Å². The van der Waals surface area contributed by atoms with Gasteiger partial charge in [-0.1, -0.05) is 11.6 Å². The molecule has 0 radical (unpaired) electrons. The van der Waals surface area contributed by atoms with Crippen LogP contribution in [0.3, 0.4) is 0 Å². The van der Waals surface area contributed by atoms with Crippen LogP contribution in [0.5, 0.6) is 0 Å². The van der Waals surface area contributed by atoms with Gasteiger partial charge in [-0.2, -0.15) is 0 Å². The van der Waals surface area contributed by atoms with E-state index in [2.05, 4.69) is 4.98 Å². The number of ether oxygens (including phenoxy) is 1. The molecule has 0 saturated carbocycles. The van der Waals surface area contributed by atoms with Crippen molar-refractivity contribution in [2.75, 3.05) is 37.4 Å². The van der Waals surface area contributed by atoms with Crippen molar-refractivity contribution < 1.29 is 4.74 Å². The molecule has 2 N–H and O–H groups in total. The lowest BCUT2D eigenvalue weighted by Gasteiger charge is -2.19. The summed E-state index contributed by atoms with van der Waals surface area (Å²) in [7, 11) is 1.91. The van der Waals surface area contributed by atoms with Gasteiger partial charge in [0.15, 0.2) is 5.82 Å². The second kappa shape index (κ2) is 5.78. The lowest BCUT2D eigenvalue weighted by Crippen LogP contribution is -2.24. The smallest absolute Gasteiger partial charge is 0.153 e. The highest BCUT2D eigenvalue weighted by Gasteiger charge is 2.07. The molecule has 0 aliphatic heterocycles. The van der Waals surface area contributed by atoms with Gasteiger partial charge in [-0.15, -0.1) is 0 Å². The summed E-state index contributed by atoms with van der Waals surface area (Å²) in [5.41, 5.74) is 6.41. The number of rotatable bonds is 5. The monoisotopic (exact) mass is 229 g/mol. The molecule has 0 fully saturated rings. The van der Waals surface area contributed by atoms with Gasteiger partial charge in [-0.25, -0.2) is 4.98 Å². The van der Waals surface area contributed by atoms with Crippen molar-refractivity contribution in [1.29, 1.82) is 0 Å². The van der Waals surface area contributed by atoms with Crippen molar-refractivity contribution in [3.8, 4) is 0 Å². The Morgan fingerprint density at radius 1 is 1.53 bits per heavy atom. The lowest BCUT2D eigenvalue weighted by atomic mass is 10.3. The number of anilines is 2. The van der Waals surface area contributed by atoms with Gasteiger partial charge < -0.3 is 15.4 Å². The fourth-order valence-electron chi connectivity index (χ4n) is 1.19. The Labute approximate surface area is 95.0 Å². The topological polar surface area (TPSA) is 51.4 Å². The van der Waals surface area contributed by atoms with E-state index in [4.69, 9.17) is 22.1 Å². The van der Waals surface area contributed by atoms with E-state index in [1.54, 1.807) is 12.1 Å². The quantitative estimate of drug-likeness (QED) is 0.618. The predicted octanol–water partition coefficient (Wildman–Crippen LogP) is 1.79. The van der Waals surface area contributed by atoms with Crippen molar-refractivity contribution >= 4 is 23.1 Å². The maximum absolute atomic E-state index is 5.80. The van der Waals surface area contributed by atoms with Crippen molar-refractivity contribution in [3.63, 3.8) is 0 Å². The number of likely N-dealkylation sites (N-methyl/N-ethyl adjacent to an activating group) is 1. The standard InChI is InChI=1S/C10H16ClN3O/c1-3-15-7-6-14(2)10-8(12)4-5-9(11)13-10/h4-5H,3,6-7,12H2,1-2H3. The first-order valence-electron chi connectivity index (χ1n) is 4.86. The summed E-state index contributed by atoms with van der Waals surface area (Å²) in [5, 5.41) is 0.447. The van der Waals surface area contributed by atoms with Gasteiger partial charge in [-0.05, 0) is 19.1 Å². The van der Waals surface area contributed by atoms with E-state index < -0.39 is 0 Å². The predicted molar refractivity (Wildman–Crippen MR) is 63.4 cm³/mol. The fraction of sp³-hybridized carbons (Fsp3) is 0.500. The minimum Gasteiger partial charge on any atom is -0.396 e. The van der Waals surface area contributed by atoms with E-state index in [0.717, 1.165) is 6.54 Å². The van der Waals surface area contributed by atoms with Gasteiger partial charge in [0.2, 0.25) is 0 Å². The molecule has 0 atom stereocenters. The molecule has 0 aromatic carbocycles. The minimum atomic E-state index is 0.447. The number of nitrogens with two attached hydrogens (primary N) is 1. The fourth-order valence-corrected chi connectivity index (χ4v) is 1.34. The third kappa shape index (κ3) is 3.57. The summed E-state index contributed by atoms with van der Waals surface area (Å²) >= 11 is 5.80. The molecule has 1 aromatic heterocycles. The number of nitrogens with zero attached hydrogens (tertiary/aromatic N) is 2. The number of nitrogen functional groups attached to an aromatic ring is 1. The first kappa shape index (κ1) is 12.1. The molecule has 0 aliphatic rings. The molecule has 0 amide bonds. The third-order valence-electron chi connectivity index (χ3n) is 2.01. The second-order valence-corrected chi connectivity index (χ2v) is 3.55. The molecule has 0 spiro atoms. The summed E-state index contributed by atoms with van der Waals surface area (Å²) in [5.74, 6) is 0.696. The van der Waals surface area contributed by atoms with Crippen LogP contribution >= 0.6 is 11.6 Å². The highest BCUT2D eigenvalue weighted by atomic mass is 35.5. The van der Waals surface area contributed by atoms with Crippen molar-refractivity contribution in [2.45, 2.75) is 6.92 Å². The molecular formula is C10H16ClN3O. The van der Waals surface area contributed by atoms with Crippen LogP contribution in [0, 0.1) is 0 Å². The minimum absolute atomic E-state index is 0.447. The Morgan fingerprint density at radius 2 is 2.27 bits per heavy atom. The summed E-state index contributed by atoms with van der Waals surface area (Å²) < 4.78 is 5.25. The van der Waals surface area contributed by atoms with E-state index in [1.807, 2.05) is 18.9 Å². The van der Waals surface area contributed by atoms with Gasteiger partial charge in [0.25, 0.3) is 0 Å². The van der Waals surface area contributed by atoms with Gasteiger partial charge in [0.1, 0.15) is 5.15 Å². The van der Waals surface area contributed by atoms with E-state index >= 15 is 0 Å². The molecule has 1 heterocycles. The van der Waals surface area contributed by atoms with Crippen LogP contribution in [-0.4, -0.2) is 31.8 Å². The van der Waals surface area contributed by atoms with E-state index in [0.29, 0.717) is 29.9 Å². The number of halogens is 1. The number of aromatic nitrogens is 1. The molecular weight excluding hydrogens is 214 g/mol. The Bertz CT molecular complexity index is 320. The molecule has 5 heteroatoms. The molecule has 84 valence electrons. The average Bonchev–Trinajstić information content (AvgIpc) is 2.22. The third-order valence-corrected chi connectivity index (χ3v) is 2.22. The number of hydrogen-bond acceptors (Lipinski definition) is 4. The zero-order valence-electron chi connectivity index (χ0n) is 9.03. The Hall–Kier alpha value is -1.00. The summed E-state index contributed by atoms with van der Waals surface area (Å²) in [6, 6.07) is 3.43. The molecule has 15 heavy (non-hydrogen) atoms. The average molecular weight is 230 g/mol. The molecule has 1 aromatic rings. The zero-order valence-corrected chi connectivity index (χ0v) is 9.79. The molecule has 0 saturated heterocycles. The first-order chi connectivity index (χ1) is 7.15. The molecule has 4 nitrogen and oxygen atoms in total. The summed E-state index contributed by atoms with van der Waals surface area (Å²) in [6.07, 6.45) is 0. The highest BCUT2D eigenvalue weighted by molar-refractivity contribution is 6.29. The molecule has 0 bridgehead atoms. The maximum atomic E-state index is 5.80. The van der Waals surface area contributed by atoms with Gasteiger partial charge in [0.05, 0.1) is 12.3 Å².